The second-order valence-electron chi connectivity index (χ2n) is 2.53. The molecular weight excluding hydrogens is 225 g/mol. The maximum atomic E-state index is 8.67. The van der Waals surface area contributed by atoms with E-state index in [2.05, 4.69) is 6.07 Å². The fraction of sp³-hybridized carbons (Fsp3) is 0. The zero-order valence-electron chi connectivity index (χ0n) is 6.34. The molecule has 0 bridgehead atoms. The van der Waals surface area contributed by atoms with Crippen molar-refractivity contribution >= 4 is 44.6 Å². The number of fused-ring (bicyclic) bond motifs is 1. The lowest BCUT2D eigenvalue weighted by molar-refractivity contribution is 1.52. The van der Waals surface area contributed by atoms with Crippen molar-refractivity contribution in [1.82, 2.24) is 0 Å². The van der Waals surface area contributed by atoms with Gasteiger partial charge in [-0.3, -0.25) is 0 Å². The van der Waals surface area contributed by atoms with Crippen molar-refractivity contribution in [1.29, 1.82) is 5.26 Å². The van der Waals surface area contributed by atoms with Crippen molar-refractivity contribution in [3.63, 3.8) is 0 Å². The average Bonchev–Trinajstić information content (AvgIpc) is 2.48. The lowest BCUT2D eigenvalue weighted by atomic mass is 10.2. The van der Waals surface area contributed by atoms with E-state index < -0.39 is 0 Å². The molecule has 1 aromatic heterocycles. The Bertz CT molecular complexity index is 471. The molecule has 64 valence electrons. The van der Waals surface area contributed by atoms with Gasteiger partial charge in [-0.05, 0) is 23.6 Å². The summed E-state index contributed by atoms with van der Waals surface area (Å²) in [4.78, 5) is 0.674. The quantitative estimate of drug-likeness (QED) is 0.666. The van der Waals surface area contributed by atoms with E-state index in [9.17, 15) is 0 Å². The number of hydrogen-bond donors (Lipinski definition) is 0. The van der Waals surface area contributed by atoms with Crippen LogP contribution in [0, 0.1) is 11.3 Å². The summed E-state index contributed by atoms with van der Waals surface area (Å²) in [6.45, 7) is 0. The number of rotatable bonds is 0. The molecule has 2 rings (SSSR count). The molecule has 0 atom stereocenters. The first kappa shape index (κ1) is 8.83. The molecule has 0 saturated heterocycles. The minimum atomic E-state index is 0.524. The Morgan fingerprint density at radius 1 is 1.15 bits per heavy atom. The van der Waals surface area contributed by atoms with Gasteiger partial charge in [-0.2, -0.15) is 5.26 Å². The zero-order valence-corrected chi connectivity index (χ0v) is 8.67. The summed E-state index contributed by atoms with van der Waals surface area (Å²) in [7, 11) is 0. The maximum Gasteiger partial charge on any atom is 0.110 e. The highest BCUT2D eigenvalue weighted by molar-refractivity contribution is 7.19. The van der Waals surface area contributed by atoms with Crippen LogP contribution >= 0.6 is 34.5 Å². The van der Waals surface area contributed by atoms with Crippen LogP contribution in [0.2, 0.25) is 10.0 Å². The molecule has 0 radical (unpaired) electrons. The van der Waals surface area contributed by atoms with Crippen molar-refractivity contribution in [2.45, 2.75) is 0 Å². The second-order valence-corrected chi connectivity index (χ2v) is 4.42. The number of halogens is 2. The van der Waals surface area contributed by atoms with Gasteiger partial charge in [0.25, 0.3) is 0 Å². The van der Waals surface area contributed by atoms with E-state index in [1.807, 2.05) is 6.07 Å². The van der Waals surface area contributed by atoms with Crippen LogP contribution in [-0.4, -0.2) is 0 Å². The zero-order chi connectivity index (χ0) is 9.42. The molecule has 1 aromatic carbocycles. The summed E-state index contributed by atoms with van der Waals surface area (Å²) in [6, 6.07) is 7.45. The molecule has 0 aliphatic rings. The first-order chi connectivity index (χ1) is 6.20. The second kappa shape index (κ2) is 3.19. The van der Waals surface area contributed by atoms with Crippen LogP contribution in [-0.2, 0) is 0 Å². The van der Waals surface area contributed by atoms with Crippen LogP contribution in [0.3, 0.4) is 0 Å². The fourth-order valence-electron chi connectivity index (χ4n) is 1.09. The first-order valence-electron chi connectivity index (χ1n) is 3.49. The molecule has 0 saturated carbocycles. The van der Waals surface area contributed by atoms with Crippen LogP contribution in [0.4, 0.5) is 0 Å². The third-order valence-corrected chi connectivity index (χ3v) is 3.39. The van der Waals surface area contributed by atoms with Gasteiger partial charge in [-0.25, -0.2) is 0 Å². The third-order valence-electron chi connectivity index (χ3n) is 1.67. The van der Waals surface area contributed by atoms with E-state index in [-0.39, 0.29) is 0 Å². The Morgan fingerprint density at radius 2 is 1.85 bits per heavy atom. The normalized spacial score (nSPS) is 10.2. The number of nitriles is 1. The Morgan fingerprint density at radius 3 is 2.54 bits per heavy atom. The van der Waals surface area contributed by atoms with Gasteiger partial charge in [-0.1, -0.05) is 23.2 Å². The van der Waals surface area contributed by atoms with Crippen molar-refractivity contribution in [3.8, 4) is 6.07 Å². The molecule has 1 nitrogen and oxygen atoms in total. The summed E-state index contributed by atoms with van der Waals surface area (Å²) >= 11 is 13.1. The van der Waals surface area contributed by atoms with Gasteiger partial charge in [0.15, 0.2) is 0 Å². The summed E-state index contributed by atoms with van der Waals surface area (Å²) < 4.78 is 0.992. The molecule has 1 heterocycles. The summed E-state index contributed by atoms with van der Waals surface area (Å²) in [5, 5.41) is 10.7. The van der Waals surface area contributed by atoms with Gasteiger partial charge >= 0.3 is 0 Å². The number of benzene rings is 1. The predicted molar refractivity (Wildman–Crippen MR) is 56.6 cm³/mol. The maximum absolute atomic E-state index is 8.67. The SMILES string of the molecule is N#Cc1cc2cc(Cl)c(Cl)cc2s1. The van der Waals surface area contributed by atoms with E-state index in [0.29, 0.717) is 14.9 Å². The summed E-state index contributed by atoms with van der Waals surface area (Å²) in [5.74, 6) is 0. The van der Waals surface area contributed by atoms with E-state index in [1.54, 1.807) is 12.1 Å². The first-order valence-corrected chi connectivity index (χ1v) is 5.06. The highest BCUT2D eigenvalue weighted by atomic mass is 35.5. The molecule has 0 fully saturated rings. The molecule has 0 N–H and O–H groups in total. The van der Waals surface area contributed by atoms with E-state index >= 15 is 0 Å². The minimum absolute atomic E-state index is 0.524. The van der Waals surface area contributed by atoms with E-state index in [1.165, 1.54) is 11.3 Å². The molecule has 2 aromatic rings. The highest BCUT2D eigenvalue weighted by Gasteiger charge is 2.04. The van der Waals surface area contributed by atoms with Crippen molar-refractivity contribution < 1.29 is 0 Å². The monoisotopic (exact) mass is 227 g/mol. The largest absolute Gasteiger partial charge is 0.192 e. The van der Waals surface area contributed by atoms with E-state index in [4.69, 9.17) is 28.5 Å². The molecule has 0 unspecified atom stereocenters. The third kappa shape index (κ3) is 1.51. The van der Waals surface area contributed by atoms with Gasteiger partial charge in [0.2, 0.25) is 0 Å². The van der Waals surface area contributed by atoms with Crippen LogP contribution in [0.25, 0.3) is 10.1 Å². The fourth-order valence-corrected chi connectivity index (χ4v) is 2.37. The molecule has 0 spiro atoms. The molecule has 0 amide bonds. The number of thiophene rings is 1. The molecule has 13 heavy (non-hydrogen) atoms. The Balaban J connectivity index is 2.79. The number of nitrogens with zero attached hydrogens (tertiary/aromatic N) is 1. The topological polar surface area (TPSA) is 23.8 Å². The van der Waals surface area contributed by atoms with Crippen molar-refractivity contribution in [3.05, 3.63) is 33.1 Å². The lowest BCUT2D eigenvalue weighted by Crippen LogP contribution is -1.66. The van der Waals surface area contributed by atoms with Gasteiger partial charge in [0.1, 0.15) is 10.9 Å². The summed E-state index contributed by atoms with van der Waals surface area (Å²) in [5.41, 5.74) is 0. The van der Waals surface area contributed by atoms with Crippen LogP contribution in [0.15, 0.2) is 18.2 Å². The molecule has 0 aliphatic carbocycles. The molecule has 0 aliphatic heterocycles. The van der Waals surface area contributed by atoms with Gasteiger partial charge in [0, 0.05) is 4.70 Å². The standard InChI is InChI=1S/C9H3Cl2NS/c10-7-2-5-1-6(4-12)13-9(5)3-8(7)11/h1-3H. The van der Waals surface area contributed by atoms with Crippen molar-refractivity contribution in [2.24, 2.45) is 0 Å². The smallest absolute Gasteiger partial charge is 0.110 e. The van der Waals surface area contributed by atoms with Gasteiger partial charge in [-0.15, -0.1) is 11.3 Å². The Kier molecular flexibility index (Phi) is 2.17. The molecular formula is C9H3Cl2NS. The Hall–Kier alpha value is -0.750. The van der Waals surface area contributed by atoms with Gasteiger partial charge in [0.05, 0.1) is 10.0 Å². The van der Waals surface area contributed by atoms with Crippen LogP contribution < -0.4 is 0 Å². The van der Waals surface area contributed by atoms with Crippen LogP contribution in [0.1, 0.15) is 4.88 Å². The van der Waals surface area contributed by atoms with Crippen molar-refractivity contribution in [2.75, 3.05) is 0 Å². The summed E-state index contributed by atoms with van der Waals surface area (Å²) in [6.07, 6.45) is 0. The van der Waals surface area contributed by atoms with Gasteiger partial charge < -0.3 is 0 Å². The van der Waals surface area contributed by atoms with Crippen LogP contribution in [0.5, 0.6) is 0 Å². The Labute approximate surface area is 89.1 Å². The number of hydrogen-bond acceptors (Lipinski definition) is 2. The van der Waals surface area contributed by atoms with E-state index in [0.717, 1.165) is 10.1 Å². The predicted octanol–water partition coefficient (Wildman–Crippen LogP) is 4.08. The average molecular weight is 228 g/mol. The lowest BCUT2D eigenvalue weighted by Gasteiger charge is -1.93. The minimum Gasteiger partial charge on any atom is -0.192 e. The highest BCUT2D eigenvalue weighted by Crippen LogP contribution is 2.32. The molecule has 4 heteroatoms.